The van der Waals surface area contributed by atoms with Crippen LogP contribution in [-0.2, 0) is 4.79 Å². The van der Waals surface area contributed by atoms with E-state index in [4.69, 9.17) is 22.1 Å². The van der Waals surface area contributed by atoms with Crippen molar-refractivity contribution in [2.24, 2.45) is 5.73 Å². The van der Waals surface area contributed by atoms with E-state index in [0.717, 1.165) is 25.8 Å². The molecule has 1 amide bonds. The highest BCUT2D eigenvalue weighted by atomic mass is 35.5. The Bertz CT molecular complexity index is 576. The third-order valence-electron chi connectivity index (χ3n) is 4.34. The molecule has 1 aromatic rings. The number of benzene rings is 1. The molecule has 3 aliphatic carbocycles. The lowest BCUT2D eigenvalue weighted by Crippen LogP contribution is -2.83. The number of ether oxygens (including phenoxy) is 1. The van der Waals surface area contributed by atoms with Crippen LogP contribution in [0.1, 0.15) is 19.3 Å². The minimum atomic E-state index is -0.563. The van der Waals surface area contributed by atoms with E-state index in [9.17, 15) is 9.18 Å². The minimum Gasteiger partial charge on any atom is -0.484 e. The number of rotatable bonds is 7. The van der Waals surface area contributed by atoms with Gasteiger partial charge in [0.25, 0.3) is 5.91 Å². The van der Waals surface area contributed by atoms with Gasteiger partial charge in [-0.25, -0.2) is 4.39 Å². The second-order valence-corrected chi connectivity index (χ2v) is 6.63. The first-order chi connectivity index (χ1) is 10.5. The summed E-state index contributed by atoms with van der Waals surface area (Å²) < 4.78 is 18.5. The van der Waals surface area contributed by atoms with Crippen molar-refractivity contribution in [2.75, 3.05) is 19.7 Å². The Hall–Kier alpha value is -1.37. The van der Waals surface area contributed by atoms with Crippen LogP contribution in [0.25, 0.3) is 0 Å². The van der Waals surface area contributed by atoms with Crippen LogP contribution in [0.5, 0.6) is 5.75 Å². The maximum Gasteiger partial charge on any atom is 0.258 e. The smallest absolute Gasteiger partial charge is 0.258 e. The average molecular weight is 328 g/mol. The van der Waals surface area contributed by atoms with Crippen molar-refractivity contribution in [3.8, 4) is 5.75 Å². The van der Waals surface area contributed by atoms with Crippen LogP contribution in [0.4, 0.5) is 4.39 Å². The quantitative estimate of drug-likeness (QED) is 0.703. The molecule has 5 nitrogen and oxygen atoms in total. The first-order valence-electron chi connectivity index (χ1n) is 7.30. The Morgan fingerprint density at radius 2 is 2.09 bits per heavy atom. The Balaban J connectivity index is 1.42. The number of carbonyl (C=O) groups excluding carboxylic acids is 1. The van der Waals surface area contributed by atoms with Gasteiger partial charge in [0.15, 0.2) is 6.61 Å². The van der Waals surface area contributed by atoms with Gasteiger partial charge in [-0.1, -0.05) is 11.6 Å². The van der Waals surface area contributed by atoms with E-state index in [1.807, 2.05) is 0 Å². The Morgan fingerprint density at radius 1 is 1.36 bits per heavy atom. The zero-order valence-corrected chi connectivity index (χ0v) is 12.9. The van der Waals surface area contributed by atoms with Crippen molar-refractivity contribution < 1.29 is 13.9 Å². The summed E-state index contributed by atoms with van der Waals surface area (Å²) >= 11 is 5.59. The average Bonchev–Trinajstić information content (AvgIpc) is 2.41. The van der Waals surface area contributed by atoms with Gasteiger partial charge in [-0.2, -0.15) is 0 Å². The number of nitrogens with one attached hydrogen (secondary N) is 2. The topological polar surface area (TPSA) is 76.4 Å². The van der Waals surface area contributed by atoms with Gasteiger partial charge in [0.05, 0.1) is 5.02 Å². The molecule has 0 saturated heterocycles. The first-order valence-corrected chi connectivity index (χ1v) is 7.68. The number of amides is 1. The summed E-state index contributed by atoms with van der Waals surface area (Å²) in [7, 11) is 0. The summed E-state index contributed by atoms with van der Waals surface area (Å²) in [5.74, 6) is -0.467. The maximum absolute atomic E-state index is 13.3. The molecular formula is C15H19ClFN3O2. The van der Waals surface area contributed by atoms with Crippen LogP contribution < -0.4 is 21.1 Å². The highest BCUT2D eigenvalue weighted by Crippen LogP contribution is 2.60. The van der Waals surface area contributed by atoms with Crippen molar-refractivity contribution >= 4 is 17.5 Å². The molecule has 0 unspecified atom stereocenters. The molecule has 1 aromatic carbocycles. The largest absolute Gasteiger partial charge is 0.484 e. The predicted molar refractivity (Wildman–Crippen MR) is 81.4 cm³/mol. The van der Waals surface area contributed by atoms with Gasteiger partial charge >= 0.3 is 0 Å². The Kier molecular flexibility index (Phi) is 4.01. The summed E-state index contributed by atoms with van der Waals surface area (Å²) in [6.07, 6.45) is 2.80. The molecule has 4 N–H and O–H groups in total. The number of hydrogen-bond acceptors (Lipinski definition) is 4. The number of hydrogen-bond donors (Lipinski definition) is 3. The van der Waals surface area contributed by atoms with Crippen molar-refractivity contribution in [3.63, 3.8) is 0 Å². The molecule has 0 radical (unpaired) electrons. The second-order valence-electron chi connectivity index (χ2n) is 6.22. The highest BCUT2D eigenvalue weighted by molar-refractivity contribution is 6.30. The summed E-state index contributed by atoms with van der Waals surface area (Å²) in [4.78, 5) is 11.9. The van der Waals surface area contributed by atoms with Crippen molar-refractivity contribution in [1.82, 2.24) is 10.6 Å². The summed E-state index contributed by atoms with van der Waals surface area (Å²) in [6, 6.07) is 4.10. The van der Waals surface area contributed by atoms with Gasteiger partial charge in [-0.15, -0.1) is 0 Å². The molecule has 0 aliphatic heterocycles. The SMILES string of the molecule is NCCNC12CC(NC(=O)COc3ccc(Cl)c(F)c3)(C1)C2. The van der Waals surface area contributed by atoms with Crippen molar-refractivity contribution in [1.29, 1.82) is 0 Å². The summed E-state index contributed by atoms with van der Waals surface area (Å²) in [5, 5.41) is 6.45. The van der Waals surface area contributed by atoms with E-state index >= 15 is 0 Å². The minimum absolute atomic E-state index is 0.0287. The van der Waals surface area contributed by atoms with Crippen LogP contribution in [0.15, 0.2) is 18.2 Å². The van der Waals surface area contributed by atoms with Crippen LogP contribution in [0, 0.1) is 5.82 Å². The lowest BCUT2D eigenvalue weighted by molar-refractivity contribution is -0.143. The zero-order chi connectivity index (χ0) is 15.8. The third kappa shape index (κ3) is 2.91. The Morgan fingerprint density at radius 3 is 2.73 bits per heavy atom. The number of halogens is 2. The molecule has 3 saturated carbocycles. The zero-order valence-electron chi connectivity index (χ0n) is 12.1. The van der Waals surface area contributed by atoms with Gasteiger partial charge in [-0.05, 0) is 31.4 Å². The molecule has 0 aromatic heterocycles. The molecule has 7 heteroatoms. The molecule has 4 rings (SSSR count). The van der Waals surface area contributed by atoms with Crippen LogP contribution in [-0.4, -0.2) is 36.7 Å². The van der Waals surface area contributed by atoms with Gasteiger partial charge in [0, 0.05) is 30.2 Å². The van der Waals surface area contributed by atoms with Crippen LogP contribution in [0.2, 0.25) is 5.02 Å². The lowest BCUT2D eigenvalue weighted by atomic mass is 9.44. The highest BCUT2D eigenvalue weighted by Gasteiger charge is 2.68. The first kappa shape index (κ1) is 15.5. The van der Waals surface area contributed by atoms with Gasteiger partial charge < -0.3 is 21.1 Å². The molecule has 0 atom stereocenters. The second kappa shape index (κ2) is 5.68. The van der Waals surface area contributed by atoms with Crippen molar-refractivity contribution in [3.05, 3.63) is 29.0 Å². The van der Waals surface area contributed by atoms with E-state index in [1.54, 1.807) is 0 Å². The van der Waals surface area contributed by atoms with E-state index in [0.29, 0.717) is 6.54 Å². The standard InChI is InChI=1S/C15H19ClFN3O2/c16-11-2-1-10(5-12(11)17)22-6-13(21)20-15-7-14(8-15,9-15)19-4-3-18/h1-2,5,19H,3-4,6-9,18H2,(H,20,21). The summed E-state index contributed by atoms with van der Waals surface area (Å²) in [6.45, 7) is 1.29. The monoisotopic (exact) mass is 327 g/mol. The maximum atomic E-state index is 13.3. The molecule has 120 valence electrons. The molecule has 22 heavy (non-hydrogen) atoms. The fourth-order valence-corrected chi connectivity index (χ4v) is 3.61. The van der Waals surface area contributed by atoms with Crippen LogP contribution >= 0.6 is 11.6 Å². The fraction of sp³-hybridized carbons (Fsp3) is 0.533. The van der Waals surface area contributed by atoms with E-state index in [-0.39, 0.29) is 34.4 Å². The molecule has 3 aliphatic rings. The predicted octanol–water partition coefficient (Wildman–Crippen LogP) is 1.20. The molecule has 0 spiro atoms. The van der Waals surface area contributed by atoms with E-state index < -0.39 is 5.82 Å². The van der Waals surface area contributed by atoms with E-state index in [2.05, 4.69) is 10.6 Å². The lowest BCUT2D eigenvalue weighted by Gasteiger charge is -2.70. The molecular weight excluding hydrogens is 309 g/mol. The summed E-state index contributed by atoms with van der Waals surface area (Å²) in [5.41, 5.74) is 5.56. The molecule has 0 heterocycles. The van der Waals surface area contributed by atoms with Crippen LogP contribution in [0.3, 0.4) is 0 Å². The molecule has 3 fully saturated rings. The number of carbonyl (C=O) groups is 1. The van der Waals surface area contributed by atoms with Crippen molar-refractivity contribution in [2.45, 2.75) is 30.3 Å². The van der Waals surface area contributed by atoms with E-state index in [1.165, 1.54) is 18.2 Å². The number of nitrogens with two attached hydrogens (primary N) is 1. The Labute approximate surface area is 133 Å². The fourth-order valence-electron chi connectivity index (χ4n) is 3.49. The normalized spacial score (nSPS) is 28.5. The van der Waals surface area contributed by atoms with Gasteiger partial charge in [0.2, 0.25) is 0 Å². The van der Waals surface area contributed by atoms with Gasteiger partial charge in [0.1, 0.15) is 11.6 Å². The third-order valence-corrected chi connectivity index (χ3v) is 4.65. The van der Waals surface area contributed by atoms with Gasteiger partial charge in [-0.3, -0.25) is 4.79 Å². The molecule has 2 bridgehead atoms.